The van der Waals surface area contributed by atoms with Crippen molar-refractivity contribution >= 4 is 11.6 Å². The number of hydrogen-bond acceptors (Lipinski definition) is 5. The summed E-state index contributed by atoms with van der Waals surface area (Å²) in [5, 5.41) is 9.91. The summed E-state index contributed by atoms with van der Waals surface area (Å²) < 4.78 is 0. The molecule has 0 saturated carbocycles. The van der Waals surface area contributed by atoms with Crippen LogP contribution in [0, 0.1) is 0 Å². The number of nitrogens with zero attached hydrogens (tertiary/aromatic N) is 2. The van der Waals surface area contributed by atoms with E-state index in [2.05, 4.69) is 46.7 Å². The van der Waals surface area contributed by atoms with Crippen LogP contribution >= 0.6 is 0 Å². The van der Waals surface area contributed by atoms with Gasteiger partial charge in [0.25, 0.3) is 0 Å². The van der Waals surface area contributed by atoms with Crippen molar-refractivity contribution in [2.24, 2.45) is 0 Å². The summed E-state index contributed by atoms with van der Waals surface area (Å²) in [5.41, 5.74) is -0.0391. The minimum Gasteiger partial charge on any atom is -0.370 e. The van der Waals surface area contributed by atoms with E-state index in [1.165, 1.54) is 19.3 Å². The van der Waals surface area contributed by atoms with E-state index in [1.807, 2.05) is 13.1 Å². The Morgan fingerprint density at radius 2 is 1.89 bits per heavy atom. The first-order chi connectivity index (χ1) is 9.07. The van der Waals surface area contributed by atoms with Crippen LogP contribution in [0.15, 0.2) is 12.4 Å². The predicted molar refractivity (Wildman–Crippen MR) is 81.7 cm³/mol. The zero-order valence-electron chi connectivity index (χ0n) is 12.6. The molecule has 1 aromatic heterocycles. The fraction of sp³-hybridized carbons (Fsp3) is 0.714. The molecule has 0 aliphatic carbocycles. The lowest BCUT2D eigenvalue weighted by Crippen LogP contribution is -2.40. The summed E-state index contributed by atoms with van der Waals surface area (Å²) in [6.45, 7) is 8.32. The lowest BCUT2D eigenvalue weighted by Gasteiger charge is -2.26. The third kappa shape index (κ3) is 6.38. The molecule has 0 aliphatic heterocycles. The maximum Gasteiger partial charge on any atom is 0.131 e. The summed E-state index contributed by atoms with van der Waals surface area (Å²) in [5.74, 6) is 1.74. The molecule has 0 bridgehead atoms. The van der Waals surface area contributed by atoms with Crippen molar-refractivity contribution in [1.82, 2.24) is 15.3 Å². The van der Waals surface area contributed by atoms with Crippen LogP contribution in [0.5, 0.6) is 0 Å². The molecule has 0 amide bonds. The molecule has 1 rings (SSSR count). The van der Waals surface area contributed by atoms with Crippen LogP contribution in [0.3, 0.4) is 0 Å². The van der Waals surface area contributed by atoms with Gasteiger partial charge in [-0.05, 0) is 27.3 Å². The molecule has 108 valence electrons. The van der Waals surface area contributed by atoms with Gasteiger partial charge in [-0.15, -0.1) is 0 Å². The fourth-order valence-electron chi connectivity index (χ4n) is 1.95. The Kier molecular flexibility index (Phi) is 6.56. The molecule has 0 aliphatic rings. The van der Waals surface area contributed by atoms with Gasteiger partial charge in [0.05, 0.1) is 0 Å². The monoisotopic (exact) mass is 265 g/mol. The first-order valence-electron chi connectivity index (χ1n) is 7.06. The highest BCUT2D eigenvalue weighted by Crippen LogP contribution is 2.14. The highest BCUT2D eigenvalue weighted by molar-refractivity contribution is 5.47. The minimum absolute atomic E-state index is 0.0391. The van der Waals surface area contributed by atoms with Gasteiger partial charge < -0.3 is 16.0 Å². The van der Waals surface area contributed by atoms with Gasteiger partial charge in [0.2, 0.25) is 0 Å². The van der Waals surface area contributed by atoms with E-state index in [0.29, 0.717) is 0 Å². The molecule has 1 aromatic rings. The molecule has 0 radical (unpaired) electrons. The molecule has 3 N–H and O–H groups in total. The molecule has 0 fully saturated rings. The van der Waals surface area contributed by atoms with Crippen LogP contribution in [-0.2, 0) is 0 Å². The van der Waals surface area contributed by atoms with Crippen LogP contribution in [0.1, 0.15) is 40.0 Å². The van der Waals surface area contributed by atoms with Crippen LogP contribution < -0.4 is 16.0 Å². The Bertz CT molecular complexity index is 365. The van der Waals surface area contributed by atoms with E-state index >= 15 is 0 Å². The third-order valence-electron chi connectivity index (χ3n) is 2.84. The molecular weight excluding hydrogens is 238 g/mol. The zero-order valence-corrected chi connectivity index (χ0v) is 12.6. The van der Waals surface area contributed by atoms with Crippen LogP contribution in [0.4, 0.5) is 11.6 Å². The first-order valence-corrected chi connectivity index (χ1v) is 7.06. The van der Waals surface area contributed by atoms with E-state index < -0.39 is 0 Å². The van der Waals surface area contributed by atoms with E-state index in [0.717, 1.165) is 24.7 Å². The number of unbranched alkanes of at least 4 members (excludes halogenated alkanes) is 2. The van der Waals surface area contributed by atoms with E-state index in [9.17, 15) is 0 Å². The lowest BCUT2D eigenvalue weighted by atomic mass is 10.1. The summed E-state index contributed by atoms with van der Waals surface area (Å²) >= 11 is 0. The molecule has 5 heteroatoms. The average molecular weight is 265 g/mol. The van der Waals surface area contributed by atoms with Crippen molar-refractivity contribution in [3.8, 4) is 0 Å². The Morgan fingerprint density at radius 1 is 1.16 bits per heavy atom. The molecule has 19 heavy (non-hydrogen) atoms. The van der Waals surface area contributed by atoms with Crippen molar-refractivity contribution in [2.75, 3.05) is 30.8 Å². The second-order valence-electron chi connectivity index (χ2n) is 5.46. The summed E-state index contributed by atoms with van der Waals surface area (Å²) in [6, 6.07) is 1.96. The Balaban J connectivity index is 2.52. The number of aromatic nitrogens is 2. The van der Waals surface area contributed by atoms with Gasteiger partial charge in [-0.1, -0.05) is 19.8 Å². The van der Waals surface area contributed by atoms with Crippen molar-refractivity contribution in [2.45, 2.75) is 45.6 Å². The quantitative estimate of drug-likeness (QED) is 0.599. The third-order valence-corrected chi connectivity index (χ3v) is 2.84. The van der Waals surface area contributed by atoms with Crippen LogP contribution in [0.2, 0.25) is 0 Å². The number of hydrogen-bond donors (Lipinski definition) is 3. The Hall–Kier alpha value is -1.36. The molecule has 0 unspecified atom stereocenters. The van der Waals surface area contributed by atoms with Crippen molar-refractivity contribution in [3.63, 3.8) is 0 Å². The smallest absolute Gasteiger partial charge is 0.131 e. The molecule has 5 nitrogen and oxygen atoms in total. The normalized spacial score (nSPS) is 11.4. The molecule has 0 spiro atoms. The largest absolute Gasteiger partial charge is 0.370 e. The van der Waals surface area contributed by atoms with Gasteiger partial charge in [-0.25, -0.2) is 9.97 Å². The predicted octanol–water partition coefficient (Wildman–Crippen LogP) is 2.49. The summed E-state index contributed by atoms with van der Waals surface area (Å²) in [4.78, 5) is 8.50. The van der Waals surface area contributed by atoms with Gasteiger partial charge >= 0.3 is 0 Å². The maximum absolute atomic E-state index is 4.26. The number of anilines is 2. The van der Waals surface area contributed by atoms with E-state index in [4.69, 9.17) is 0 Å². The molecule has 0 atom stereocenters. The van der Waals surface area contributed by atoms with Gasteiger partial charge in [-0.3, -0.25) is 0 Å². The SMILES string of the molecule is CCCCCNc1cc(NC(C)(C)CNC)ncn1. The van der Waals surface area contributed by atoms with E-state index in [1.54, 1.807) is 6.33 Å². The van der Waals surface area contributed by atoms with Gasteiger partial charge in [0.1, 0.15) is 18.0 Å². The number of likely N-dealkylation sites (N-methyl/N-ethyl adjacent to an activating group) is 1. The molecule has 1 heterocycles. The van der Waals surface area contributed by atoms with Crippen molar-refractivity contribution < 1.29 is 0 Å². The average Bonchev–Trinajstić information content (AvgIpc) is 2.34. The number of rotatable bonds is 9. The molecular formula is C14H27N5. The van der Waals surface area contributed by atoms with E-state index in [-0.39, 0.29) is 5.54 Å². The Labute approximate surface area is 116 Å². The lowest BCUT2D eigenvalue weighted by molar-refractivity contribution is 0.528. The highest BCUT2D eigenvalue weighted by atomic mass is 15.1. The maximum atomic E-state index is 4.26. The second-order valence-corrected chi connectivity index (χ2v) is 5.46. The number of nitrogens with one attached hydrogen (secondary N) is 3. The second kappa shape index (κ2) is 7.94. The molecule has 0 aromatic carbocycles. The molecule has 0 saturated heterocycles. The van der Waals surface area contributed by atoms with Gasteiger partial charge in [0.15, 0.2) is 0 Å². The minimum atomic E-state index is -0.0391. The standard InChI is InChI=1S/C14H27N5/c1-5-6-7-8-16-12-9-13(18-11-17-12)19-14(2,3)10-15-4/h9,11,15H,5-8,10H2,1-4H3,(H2,16,17,18,19). The Morgan fingerprint density at radius 3 is 2.58 bits per heavy atom. The summed E-state index contributed by atoms with van der Waals surface area (Å²) in [7, 11) is 1.95. The van der Waals surface area contributed by atoms with Gasteiger partial charge in [-0.2, -0.15) is 0 Å². The van der Waals surface area contributed by atoms with Crippen molar-refractivity contribution in [3.05, 3.63) is 12.4 Å². The summed E-state index contributed by atoms with van der Waals surface area (Å²) in [6.07, 6.45) is 5.25. The fourth-order valence-corrected chi connectivity index (χ4v) is 1.95. The first kappa shape index (κ1) is 15.7. The highest BCUT2D eigenvalue weighted by Gasteiger charge is 2.16. The van der Waals surface area contributed by atoms with Crippen LogP contribution in [0.25, 0.3) is 0 Å². The topological polar surface area (TPSA) is 61.9 Å². The zero-order chi connectivity index (χ0) is 14.1. The van der Waals surface area contributed by atoms with Crippen LogP contribution in [-0.4, -0.2) is 35.6 Å². The van der Waals surface area contributed by atoms with Gasteiger partial charge in [0, 0.05) is 24.7 Å². The van der Waals surface area contributed by atoms with Crippen molar-refractivity contribution in [1.29, 1.82) is 0 Å².